The quantitative estimate of drug-likeness (QED) is 0.748. The number of carbonyl (C=O) groups excluding carboxylic acids is 1. The summed E-state index contributed by atoms with van der Waals surface area (Å²) in [4.78, 5) is 11.0. The Hall–Kier alpha value is -1.97. The fraction of sp³-hybridized carbons (Fsp3) is 0.400. The van der Waals surface area contributed by atoms with Crippen LogP contribution >= 0.6 is 0 Å². The van der Waals surface area contributed by atoms with E-state index in [4.69, 9.17) is 0 Å². The van der Waals surface area contributed by atoms with Crippen LogP contribution in [0.4, 0.5) is 0 Å². The number of aldehydes is 1. The molecule has 0 N–H and O–H groups in total. The van der Waals surface area contributed by atoms with Crippen LogP contribution in [-0.4, -0.2) is 21.3 Å². The number of hydrogen-bond donors (Lipinski definition) is 0. The molecular formula is C15H19N3O. The number of aryl methyl sites for hydroxylation is 1. The average Bonchev–Trinajstić information content (AvgIpc) is 2.81. The van der Waals surface area contributed by atoms with Crippen LogP contribution in [0.2, 0.25) is 0 Å². The van der Waals surface area contributed by atoms with Gasteiger partial charge < -0.3 is 0 Å². The maximum atomic E-state index is 11.0. The van der Waals surface area contributed by atoms with Gasteiger partial charge in [0.15, 0.2) is 6.29 Å². The smallest absolute Gasteiger partial charge is 0.172 e. The Morgan fingerprint density at radius 2 is 2.11 bits per heavy atom. The van der Waals surface area contributed by atoms with Gasteiger partial charge in [0.2, 0.25) is 0 Å². The maximum absolute atomic E-state index is 11.0. The van der Waals surface area contributed by atoms with Crippen molar-refractivity contribution in [3.8, 4) is 0 Å². The molecule has 0 aliphatic carbocycles. The number of hydrogen-bond acceptors (Lipinski definition) is 3. The molecule has 2 aromatic rings. The van der Waals surface area contributed by atoms with Crippen molar-refractivity contribution in [3.63, 3.8) is 0 Å². The van der Waals surface area contributed by atoms with Crippen LogP contribution in [0.25, 0.3) is 0 Å². The second kappa shape index (κ2) is 6.27. The molecule has 1 aromatic carbocycles. The second-order valence-corrected chi connectivity index (χ2v) is 4.73. The first-order chi connectivity index (χ1) is 9.26. The molecule has 0 atom stereocenters. The number of rotatable bonds is 6. The molecule has 100 valence electrons. The molecule has 0 spiro atoms. The van der Waals surface area contributed by atoms with Crippen molar-refractivity contribution in [3.05, 3.63) is 46.8 Å². The summed E-state index contributed by atoms with van der Waals surface area (Å²) in [5.74, 6) is 0. The van der Waals surface area contributed by atoms with E-state index in [2.05, 4.69) is 36.3 Å². The number of unbranched alkanes of at least 4 members (excludes halogenated alkanes) is 1. The highest BCUT2D eigenvalue weighted by molar-refractivity contribution is 5.73. The molecule has 1 aromatic heterocycles. The molecule has 1 heterocycles. The Morgan fingerprint density at radius 1 is 1.32 bits per heavy atom. The first-order valence-corrected chi connectivity index (χ1v) is 6.68. The van der Waals surface area contributed by atoms with Crippen LogP contribution in [0.1, 0.15) is 47.1 Å². The van der Waals surface area contributed by atoms with E-state index in [0.29, 0.717) is 12.2 Å². The third kappa shape index (κ3) is 3.08. The molecule has 4 nitrogen and oxygen atoms in total. The van der Waals surface area contributed by atoms with E-state index in [0.717, 1.165) is 31.2 Å². The Morgan fingerprint density at radius 3 is 2.79 bits per heavy atom. The van der Waals surface area contributed by atoms with E-state index in [1.807, 2.05) is 16.8 Å². The zero-order valence-electron chi connectivity index (χ0n) is 11.5. The summed E-state index contributed by atoms with van der Waals surface area (Å²) < 4.78 is 1.85. The Bertz CT molecular complexity index is 560. The van der Waals surface area contributed by atoms with Gasteiger partial charge in [0.25, 0.3) is 0 Å². The number of carbonyl (C=O) groups is 1. The second-order valence-electron chi connectivity index (χ2n) is 4.73. The lowest BCUT2D eigenvalue weighted by Gasteiger charge is -2.08. The van der Waals surface area contributed by atoms with Crippen molar-refractivity contribution in [2.45, 2.75) is 39.7 Å². The standard InChI is InChI=1S/C15H19N3O/c1-3-4-9-15-14(11-19)16-17-18(15)10-13-8-6-5-7-12(13)2/h5-8,11H,3-4,9-10H2,1-2H3. The van der Waals surface area contributed by atoms with E-state index in [9.17, 15) is 4.79 Å². The van der Waals surface area contributed by atoms with Gasteiger partial charge in [0.05, 0.1) is 12.2 Å². The first-order valence-electron chi connectivity index (χ1n) is 6.68. The number of nitrogens with zero attached hydrogens (tertiary/aromatic N) is 3. The Labute approximate surface area is 113 Å². The molecule has 0 unspecified atom stereocenters. The topological polar surface area (TPSA) is 47.8 Å². The van der Waals surface area contributed by atoms with Gasteiger partial charge in [-0.1, -0.05) is 42.8 Å². The lowest BCUT2D eigenvalue weighted by Crippen LogP contribution is -2.08. The molecule has 0 fully saturated rings. The van der Waals surface area contributed by atoms with Crippen LogP contribution in [-0.2, 0) is 13.0 Å². The maximum Gasteiger partial charge on any atom is 0.172 e. The van der Waals surface area contributed by atoms with Crippen LogP contribution in [0.5, 0.6) is 0 Å². The summed E-state index contributed by atoms with van der Waals surface area (Å²) in [6.45, 7) is 4.89. The SMILES string of the molecule is CCCCc1c(C=O)nnn1Cc1ccccc1C. The Balaban J connectivity index is 2.27. The van der Waals surface area contributed by atoms with E-state index < -0.39 is 0 Å². The van der Waals surface area contributed by atoms with Crippen molar-refractivity contribution < 1.29 is 4.79 Å². The van der Waals surface area contributed by atoms with E-state index in [1.54, 1.807) is 0 Å². The van der Waals surface area contributed by atoms with Gasteiger partial charge in [-0.3, -0.25) is 4.79 Å². The fourth-order valence-corrected chi connectivity index (χ4v) is 2.11. The minimum Gasteiger partial charge on any atom is -0.296 e. The van der Waals surface area contributed by atoms with Gasteiger partial charge in [-0.25, -0.2) is 4.68 Å². The van der Waals surface area contributed by atoms with Crippen molar-refractivity contribution in [1.29, 1.82) is 0 Å². The summed E-state index contributed by atoms with van der Waals surface area (Å²) in [6.07, 6.45) is 3.78. The normalized spacial score (nSPS) is 10.6. The largest absolute Gasteiger partial charge is 0.296 e. The van der Waals surface area contributed by atoms with Crippen molar-refractivity contribution in [1.82, 2.24) is 15.0 Å². The molecule has 2 rings (SSSR count). The van der Waals surface area contributed by atoms with E-state index >= 15 is 0 Å². The lowest BCUT2D eigenvalue weighted by atomic mass is 10.1. The van der Waals surface area contributed by atoms with Crippen LogP contribution in [0.3, 0.4) is 0 Å². The fourth-order valence-electron chi connectivity index (χ4n) is 2.11. The molecular weight excluding hydrogens is 238 g/mol. The molecule has 0 aliphatic rings. The predicted molar refractivity (Wildman–Crippen MR) is 74.3 cm³/mol. The summed E-state index contributed by atoms with van der Waals surface area (Å²) in [6, 6.07) is 8.21. The molecule has 4 heteroatoms. The minimum absolute atomic E-state index is 0.474. The highest BCUT2D eigenvalue weighted by Crippen LogP contribution is 2.13. The highest BCUT2D eigenvalue weighted by Gasteiger charge is 2.12. The summed E-state index contributed by atoms with van der Waals surface area (Å²) in [5.41, 5.74) is 3.86. The van der Waals surface area contributed by atoms with Gasteiger partial charge in [-0.2, -0.15) is 0 Å². The zero-order valence-corrected chi connectivity index (χ0v) is 11.5. The Kier molecular flexibility index (Phi) is 4.44. The van der Waals surface area contributed by atoms with Gasteiger partial charge in [0, 0.05) is 0 Å². The van der Waals surface area contributed by atoms with Crippen molar-refractivity contribution in [2.75, 3.05) is 0 Å². The van der Waals surface area contributed by atoms with Crippen LogP contribution in [0, 0.1) is 6.92 Å². The van der Waals surface area contributed by atoms with Gasteiger partial charge in [-0.15, -0.1) is 5.10 Å². The summed E-state index contributed by atoms with van der Waals surface area (Å²) in [7, 11) is 0. The summed E-state index contributed by atoms with van der Waals surface area (Å²) in [5, 5.41) is 8.07. The average molecular weight is 257 g/mol. The molecule has 0 radical (unpaired) electrons. The minimum atomic E-state index is 0.474. The predicted octanol–water partition coefficient (Wildman–Crippen LogP) is 2.79. The molecule has 0 saturated carbocycles. The van der Waals surface area contributed by atoms with Crippen LogP contribution in [0.15, 0.2) is 24.3 Å². The molecule has 0 aliphatic heterocycles. The van der Waals surface area contributed by atoms with Crippen molar-refractivity contribution >= 4 is 6.29 Å². The number of aromatic nitrogens is 3. The zero-order chi connectivity index (χ0) is 13.7. The van der Waals surface area contributed by atoms with E-state index in [-0.39, 0.29) is 0 Å². The third-order valence-corrected chi connectivity index (χ3v) is 3.33. The third-order valence-electron chi connectivity index (χ3n) is 3.33. The monoisotopic (exact) mass is 257 g/mol. The molecule has 0 saturated heterocycles. The molecule has 0 bridgehead atoms. The molecule has 19 heavy (non-hydrogen) atoms. The van der Waals surface area contributed by atoms with E-state index in [1.165, 1.54) is 11.1 Å². The van der Waals surface area contributed by atoms with Gasteiger partial charge >= 0.3 is 0 Å². The molecule has 0 amide bonds. The summed E-state index contributed by atoms with van der Waals surface area (Å²) >= 11 is 0. The van der Waals surface area contributed by atoms with Gasteiger partial charge in [0.1, 0.15) is 5.69 Å². The van der Waals surface area contributed by atoms with Crippen LogP contribution < -0.4 is 0 Å². The first kappa shape index (κ1) is 13.5. The van der Waals surface area contributed by atoms with Crippen molar-refractivity contribution in [2.24, 2.45) is 0 Å². The van der Waals surface area contributed by atoms with Gasteiger partial charge in [-0.05, 0) is 30.9 Å². The lowest BCUT2D eigenvalue weighted by molar-refractivity contribution is 0.111. The highest BCUT2D eigenvalue weighted by atomic mass is 16.1. The number of benzene rings is 1.